The summed E-state index contributed by atoms with van der Waals surface area (Å²) in [6, 6.07) is 3.73. The molecule has 0 saturated heterocycles. The first kappa shape index (κ1) is 21.3. The fraction of sp³-hybridized carbons (Fsp3) is 0.600. The number of carbonyl (C=O) groups excluding carboxylic acids is 2. The molecule has 1 aromatic rings. The molecule has 2 rings (SSSR count). The van der Waals surface area contributed by atoms with Gasteiger partial charge in [-0.3, -0.25) is 9.59 Å². The molecule has 0 aromatic heterocycles. The van der Waals surface area contributed by atoms with Gasteiger partial charge in [0.25, 0.3) is 0 Å². The number of anilines is 1. The minimum Gasteiger partial charge on any atom is -0.344 e. The largest absolute Gasteiger partial charge is 0.416 e. The molecule has 7 heteroatoms. The molecule has 1 fully saturated rings. The summed E-state index contributed by atoms with van der Waals surface area (Å²) in [5, 5.41) is 5.32. The standard InChI is InChI=1S/C20H27F3N2O2/c1-13(2)11-17(25-18(26)14-7-4-3-5-8-14)19(27)24-16-10-6-9-15(12-16)20(21,22)23/h6,9-10,12-14,17H,3-5,7-8,11H2,1-2H3,(H,24,27)(H,25,26)/t17-/m0/s1. The zero-order valence-corrected chi connectivity index (χ0v) is 15.7. The molecule has 1 aromatic carbocycles. The zero-order valence-electron chi connectivity index (χ0n) is 15.7. The van der Waals surface area contributed by atoms with Crippen LogP contribution >= 0.6 is 0 Å². The Morgan fingerprint density at radius 3 is 2.41 bits per heavy atom. The number of halogens is 3. The van der Waals surface area contributed by atoms with Gasteiger partial charge in [0.1, 0.15) is 6.04 Å². The van der Waals surface area contributed by atoms with Crippen LogP contribution in [0.4, 0.5) is 18.9 Å². The number of rotatable bonds is 6. The molecular weight excluding hydrogens is 357 g/mol. The minimum atomic E-state index is -4.48. The van der Waals surface area contributed by atoms with Crippen molar-refractivity contribution in [2.24, 2.45) is 11.8 Å². The first-order valence-electron chi connectivity index (χ1n) is 9.45. The van der Waals surface area contributed by atoms with E-state index >= 15 is 0 Å². The molecule has 4 nitrogen and oxygen atoms in total. The van der Waals surface area contributed by atoms with E-state index in [1.54, 1.807) is 0 Å². The van der Waals surface area contributed by atoms with Crippen molar-refractivity contribution in [3.05, 3.63) is 29.8 Å². The maximum absolute atomic E-state index is 12.8. The van der Waals surface area contributed by atoms with Crippen LogP contribution in [0.25, 0.3) is 0 Å². The summed E-state index contributed by atoms with van der Waals surface area (Å²) in [5.41, 5.74) is -0.762. The summed E-state index contributed by atoms with van der Waals surface area (Å²) in [6.07, 6.45) is 0.698. The van der Waals surface area contributed by atoms with E-state index < -0.39 is 23.7 Å². The van der Waals surface area contributed by atoms with E-state index in [0.29, 0.717) is 6.42 Å². The number of hydrogen-bond acceptors (Lipinski definition) is 2. The van der Waals surface area contributed by atoms with Gasteiger partial charge in [0.15, 0.2) is 0 Å². The Hall–Kier alpha value is -2.05. The average Bonchev–Trinajstić information content (AvgIpc) is 2.61. The van der Waals surface area contributed by atoms with Gasteiger partial charge in [0.05, 0.1) is 5.56 Å². The molecule has 1 atom stereocenters. The van der Waals surface area contributed by atoms with Crippen LogP contribution in [0.3, 0.4) is 0 Å². The Kier molecular flexibility index (Phi) is 7.27. The second-order valence-electron chi connectivity index (χ2n) is 7.59. The molecule has 0 unspecified atom stereocenters. The Balaban J connectivity index is 2.06. The van der Waals surface area contributed by atoms with Gasteiger partial charge in [-0.1, -0.05) is 39.2 Å². The van der Waals surface area contributed by atoms with E-state index in [1.165, 1.54) is 12.1 Å². The van der Waals surface area contributed by atoms with Gasteiger partial charge in [0, 0.05) is 11.6 Å². The highest BCUT2D eigenvalue weighted by Crippen LogP contribution is 2.30. The summed E-state index contributed by atoms with van der Waals surface area (Å²) in [4.78, 5) is 25.1. The Morgan fingerprint density at radius 1 is 1.15 bits per heavy atom. The molecule has 2 N–H and O–H groups in total. The predicted molar refractivity (Wildman–Crippen MR) is 98.0 cm³/mol. The third kappa shape index (κ3) is 6.56. The van der Waals surface area contributed by atoms with Gasteiger partial charge in [-0.15, -0.1) is 0 Å². The van der Waals surface area contributed by atoms with Crippen molar-refractivity contribution in [3.8, 4) is 0 Å². The van der Waals surface area contributed by atoms with Crippen molar-refractivity contribution in [1.82, 2.24) is 5.32 Å². The molecule has 2 amide bonds. The van der Waals surface area contributed by atoms with Crippen molar-refractivity contribution in [1.29, 1.82) is 0 Å². The number of benzene rings is 1. The molecule has 1 aliphatic rings. The monoisotopic (exact) mass is 384 g/mol. The Labute approximate surface area is 157 Å². The highest BCUT2D eigenvalue weighted by Gasteiger charge is 2.31. The molecule has 0 spiro atoms. The fourth-order valence-electron chi connectivity index (χ4n) is 3.36. The van der Waals surface area contributed by atoms with Crippen LogP contribution in [0.2, 0.25) is 0 Å². The summed E-state index contributed by atoms with van der Waals surface area (Å²) in [5.74, 6) is -0.574. The highest BCUT2D eigenvalue weighted by molar-refractivity contribution is 5.97. The SMILES string of the molecule is CC(C)C[C@H](NC(=O)C1CCCCC1)C(=O)Nc1cccc(C(F)(F)F)c1. The maximum Gasteiger partial charge on any atom is 0.416 e. The smallest absolute Gasteiger partial charge is 0.344 e. The first-order valence-corrected chi connectivity index (χ1v) is 9.45. The van der Waals surface area contributed by atoms with Gasteiger partial charge >= 0.3 is 6.18 Å². The average molecular weight is 384 g/mol. The lowest BCUT2D eigenvalue weighted by Crippen LogP contribution is -2.47. The minimum absolute atomic E-state index is 0.0653. The molecule has 150 valence electrons. The Bertz CT molecular complexity index is 653. The van der Waals surface area contributed by atoms with Crippen LogP contribution < -0.4 is 10.6 Å². The molecule has 0 bridgehead atoms. The van der Waals surface area contributed by atoms with E-state index in [0.717, 1.165) is 44.2 Å². The summed E-state index contributed by atoms with van der Waals surface area (Å²) < 4.78 is 38.5. The van der Waals surface area contributed by atoms with Gasteiger partial charge in [-0.05, 0) is 43.4 Å². The number of hydrogen-bond donors (Lipinski definition) is 2. The molecule has 1 saturated carbocycles. The van der Waals surface area contributed by atoms with Crippen molar-refractivity contribution in [2.75, 3.05) is 5.32 Å². The van der Waals surface area contributed by atoms with Gasteiger partial charge in [-0.2, -0.15) is 13.2 Å². The lowest BCUT2D eigenvalue weighted by molar-refractivity contribution is -0.137. The topological polar surface area (TPSA) is 58.2 Å². The van der Waals surface area contributed by atoms with Crippen LogP contribution in [0.15, 0.2) is 24.3 Å². The summed E-state index contributed by atoms with van der Waals surface area (Å²) >= 11 is 0. The third-order valence-corrected chi connectivity index (χ3v) is 4.77. The second kappa shape index (κ2) is 9.24. The lowest BCUT2D eigenvalue weighted by atomic mass is 9.88. The van der Waals surface area contributed by atoms with E-state index in [4.69, 9.17) is 0 Å². The summed E-state index contributed by atoms with van der Waals surface area (Å²) in [6.45, 7) is 3.86. The molecular formula is C20H27F3N2O2. The second-order valence-corrected chi connectivity index (χ2v) is 7.59. The van der Waals surface area contributed by atoms with Crippen molar-refractivity contribution in [3.63, 3.8) is 0 Å². The zero-order chi connectivity index (χ0) is 20.0. The van der Waals surface area contributed by atoms with E-state index in [9.17, 15) is 22.8 Å². The third-order valence-electron chi connectivity index (χ3n) is 4.77. The van der Waals surface area contributed by atoms with Crippen molar-refractivity contribution < 1.29 is 22.8 Å². The van der Waals surface area contributed by atoms with E-state index in [2.05, 4.69) is 10.6 Å². The molecule has 27 heavy (non-hydrogen) atoms. The van der Waals surface area contributed by atoms with Crippen LogP contribution in [0.1, 0.15) is 57.9 Å². The number of alkyl halides is 3. The number of amides is 2. The molecule has 1 aliphatic carbocycles. The highest BCUT2D eigenvalue weighted by atomic mass is 19.4. The number of nitrogens with one attached hydrogen (secondary N) is 2. The fourth-order valence-corrected chi connectivity index (χ4v) is 3.36. The molecule has 0 aliphatic heterocycles. The quantitative estimate of drug-likeness (QED) is 0.743. The van der Waals surface area contributed by atoms with Crippen LogP contribution in [-0.4, -0.2) is 17.9 Å². The van der Waals surface area contributed by atoms with Crippen molar-refractivity contribution >= 4 is 17.5 Å². The maximum atomic E-state index is 12.8. The van der Waals surface area contributed by atoms with E-state index in [1.807, 2.05) is 13.8 Å². The van der Waals surface area contributed by atoms with Crippen LogP contribution in [0.5, 0.6) is 0 Å². The number of carbonyl (C=O) groups is 2. The first-order chi connectivity index (χ1) is 12.7. The van der Waals surface area contributed by atoms with Crippen LogP contribution in [-0.2, 0) is 15.8 Å². The molecule has 0 radical (unpaired) electrons. The predicted octanol–water partition coefficient (Wildman–Crippen LogP) is 4.76. The Morgan fingerprint density at radius 2 is 1.81 bits per heavy atom. The van der Waals surface area contributed by atoms with E-state index in [-0.39, 0.29) is 23.4 Å². The summed E-state index contributed by atoms with van der Waals surface area (Å²) in [7, 11) is 0. The normalized spacial score (nSPS) is 16.8. The molecule has 0 heterocycles. The van der Waals surface area contributed by atoms with Crippen molar-refractivity contribution in [2.45, 2.75) is 64.6 Å². The van der Waals surface area contributed by atoms with Gasteiger partial charge < -0.3 is 10.6 Å². The lowest BCUT2D eigenvalue weighted by Gasteiger charge is -2.25. The van der Waals surface area contributed by atoms with Gasteiger partial charge in [-0.25, -0.2) is 0 Å². The van der Waals surface area contributed by atoms with Gasteiger partial charge in [0.2, 0.25) is 11.8 Å². The van der Waals surface area contributed by atoms with Crippen LogP contribution in [0, 0.1) is 11.8 Å².